The maximum atomic E-state index is 5.13. The molecule has 2 aromatic heterocycles. The lowest BCUT2D eigenvalue weighted by atomic mass is 10.1. The number of pyridine rings is 1. The van der Waals surface area contributed by atoms with Gasteiger partial charge in [-0.2, -0.15) is 0 Å². The van der Waals surface area contributed by atoms with Crippen molar-refractivity contribution in [3.63, 3.8) is 0 Å². The molecule has 0 atom stereocenters. The van der Waals surface area contributed by atoms with Gasteiger partial charge >= 0.3 is 0 Å². The predicted octanol–water partition coefficient (Wildman–Crippen LogP) is 3.45. The maximum absolute atomic E-state index is 5.13. The Morgan fingerprint density at radius 1 is 1.00 bits per heavy atom. The van der Waals surface area contributed by atoms with Crippen LogP contribution < -0.4 is 10.1 Å². The van der Waals surface area contributed by atoms with Crippen molar-refractivity contribution in [1.29, 1.82) is 0 Å². The van der Waals surface area contributed by atoms with Gasteiger partial charge in [0, 0.05) is 36.3 Å². The van der Waals surface area contributed by atoms with Crippen LogP contribution in [0.4, 0.5) is 5.82 Å². The largest absolute Gasteiger partial charge is 0.481 e. The van der Waals surface area contributed by atoms with Gasteiger partial charge in [0.2, 0.25) is 5.88 Å². The molecule has 1 aromatic carbocycles. The zero-order valence-corrected chi connectivity index (χ0v) is 15.6. The fourth-order valence-corrected chi connectivity index (χ4v) is 2.92. The van der Waals surface area contributed by atoms with E-state index in [9.17, 15) is 0 Å². The predicted molar refractivity (Wildman–Crippen MR) is 106 cm³/mol. The Morgan fingerprint density at radius 2 is 1.81 bits per heavy atom. The van der Waals surface area contributed by atoms with Gasteiger partial charge in [0.05, 0.1) is 12.6 Å². The average molecular weight is 351 g/mol. The third-order valence-electron chi connectivity index (χ3n) is 4.53. The highest BCUT2D eigenvalue weighted by molar-refractivity contribution is 5.92. The molecule has 6 heteroatoms. The van der Waals surface area contributed by atoms with Gasteiger partial charge in [-0.05, 0) is 36.9 Å². The maximum Gasteiger partial charge on any atom is 0.212 e. The van der Waals surface area contributed by atoms with Crippen LogP contribution >= 0.6 is 0 Å². The molecule has 0 saturated carbocycles. The van der Waals surface area contributed by atoms with Gasteiger partial charge in [0.1, 0.15) is 12.1 Å². The Balaban J connectivity index is 1.85. The van der Waals surface area contributed by atoms with Crippen LogP contribution in [0.3, 0.4) is 0 Å². The van der Waals surface area contributed by atoms with Crippen molar-refractivity contribution < 1.29 is 4.74 Å². The van der Waals surface area contributed by atoms with Crippen molar-refractivity contribution >= 4 is 16.7 Å². The number of ether oxygens (including phenoxy) is 1. The van der Waals surface area contributed by atoms with Crippen molar-refractivity contribution in [2.45, 2.75) is 13.8 Å². The molecule has 0 aliphatic carbocycles. The van der Waals surface area contributed by atoms with Gasteiger partial charge < -0.3 is 15.0 Å². The fourth-order valence-electron chi connectivity index (χ4n) is 2.92. The second-order valence-corrected chi connectivity index (χ2v) is 6.00. The van der Waals surface area contributed by atoms with Crippen LogP contribution in [0.25, 0.3) is 22.0 Å². The van der Waals surface area contributed by atoms with Crippen molar-refractivity contribution in [3.05, 3.63) is 42.9 Å². The van der Waals surface area contributed by atoms with Gasteiger partial charge in [-0.15, -0.1) is 0 Å². The standard InChI is InChI=1S/C20H25N5O/c1-4-25(5-2)11-10-21-20-17-12-15(6-8-18(17)23-14-24-20)16-7-9-19(26-3)22-13-16/h6-9,12-14H,4-5,10-11H2,1-3H3,(H,21,23,24). The highest BCUT2D eigenvalue weighted by Crippen LogP contribution is 2.27. The van der Waals surface area contributed by atoms with Gasteiger partial charge in [0.15, 0.2) is 0 Å². The van der Waals surface area contributed by atoms with E-state index in [1.54, 1.807) is 13.4 Å². The summed E-state index contributed by atoms with van der Waals surface area (Å²) in [6.07, 6.45) is 3.42. The Labute approximate surface area is 154 Å². The van der Waals surface area contributed by atoms with Crippen LogP contribution in [-0.2, 0) is 0 Å². The molecule has 0 saturated heterocycles. The lowest BCUT2D eigenvalue weighted by Crippen LogP contribution is -2.28. The monoisotopic (exact) mass is 351 g/mol. The van der Waals surface area contributed by atoms with E-state index in [1.807, 2.05) is 24.4 Å². The van der Waals surface area contributed by atoms with Gasteiger partial charge in [-0.1, -0.05) is 19.9 Å². The highest BCUT2D eigenvalue weighted by Gasteiger charge is 2.07. The number of nitrogens with one attached hydrogen (secondary N) is 1. The summed E-state index contributed by atoms with van der Waals surface area (Å²) in [5, 5.41) is 4.47. The van der Waals surface area contributed by atoms with E-state index in [2.05, 4.69) is 51.1 Å². The number of benzene rings is 1. The Bertz CT molecular complexity index is 846. The highest BCUT2D eigenvalue weighted by atomic mass is 16.5. The molecule has 0 aliphatic heterocycles. The fraction of sp³-hybridized carbons (Fsp3) is 0.350. The second kappa shape index (κ2) is 8.58. The van der Waals surface area contributed by atoms with E-state index in [-0.39, 0.29) is 0 Å². The molecular weight excluding hydrogens is 326 g/mol. The zero-order chi connectivity index (χ0) is 18.4. The number of aromatic nitrogens is 3. The molecule has 3 aromatic rings. The molecule has 0 amide bonds. The molecule has 0 spiro atoms. The summed E-state index contributed by atoms with van der Waals surface area (Å²) in [7, 11) is 1.62. The van der Waals surface area contributed by atoms with Crippen LogP contribution in [0.5, 0.6) is 5.88 Å². The summed E-state index contributed by atoms with van der Waals surface area (Å²) in [4.78, 5) is 15.5. The van der Waals surface area contributed by atoms with Crippen molar-refractivity contribution in [2.24, 2.45) is 0 Å². The number of methoxy groups -OCH3 is 1. The van der Waals surface area contributed by atoms with E-state index in [4.69, 9.17) is 4.74 Å². The first kappa shape index (κ1) is 18.1. The molecule has 0 bridgehead atoms. The number of nitrogens with zero attached hydrogens (tertiary/aromatic N) is 4. The summed E-state index contributed by atoms with van der Waals surface area (Å²) < 4.78 is 5.13. The van der Waals surface area contributed by atoms with Crippen molar-refractivity contribution in [1.82, 2.24) is 19.9 Å². The van der Waals surface area contributed by atoms with Crippen LogP contribution in [0, 0.1) is 0 Å². The van der Waals surface area contributed by atoms with E-state index < -0.39 is 0 Å². The normalized spacial score (nSPS) is 11.1. The molecule has 3 rings (SSSR count). The van der Waals surface area contributed by atoms with Crippen LogP contribution in [0.15, 0.2) is 42.9 Å². The molecule has 0 radical (unpaired) electrons. The summed E-state index contributed by atoms with van der Waals surface area (Å²) >= 11 is 0. The quantitative estimate of drug-likeness (QED) is 0.671. The van der Waals surface area contributed by atoms with Crippen molar-refractivity contribution in [3.8, 4) is 17.0 Å². The molecule has 136 valence electrons. The minimum Gasteiger partial charge on any atom is -0.481 e. The number of anilines is 1. The molecule has 6 nitrogen and oxygen atoms in total. The third kappa shape index (κ3) is 4.08. The summed E-state index contributed by atoms with van der Waals surface area (Å²) in [6, 6.07) is 10.1. The van der Waals surface area contributed by atoms with Gasteiger partial charge in [0.25, 0.3) is 0 Å². The molecular formula is C20H25N5O. The van der Waals surface area contributed by atoms with E-state index in [0.29, 0.717) is 5.88 Å². The lowest BCUT2D eigenvalue weighted by molar-refractivity contribution is 0.316. The lowest BCUT2D eigenvalue weighted by Gasteiger charge is -2.18. The van der Waals surface area contributed by atoms with Gasteiger partial charge in [-0.3, -0.25) is 0 Å². The van der Waals surface area contributed by atoms with Crippen LogP contribution in [-0.4, -0.2) is 53.1 Å². The Morgan fingerprint density at radius 3 is 2.50 bits per heavy atom. The van der Waals surface area contributed by atoms with E-state index >= 15 is 0 Å². The Hall–Kier alpha value is -2.73. The van der Waals surface area contributed by atoms with Crippen LogP contribution in [0.1, 0.15) is 13.8 Å². The van der Waals surface area contributed by atoms with Gasteiger partial charge in [-0.25, -0.2) is 15.0 Å². The minimum absolute atomic E-state index is 0.608. The average Bonchev–Trinajstić information content (AvgIpc) is 2.71. The zero-order valence-electron chi connectivity index (χ0n) is 15.6. The second-order valence-electron chi connectivity index (χ2n) is 6.00. The third-order valence-corrected chi connectivity index (χ3v) is 4.53. The molecule has 26 heavy (non-hydrogen) atoms. The molecule has 2 heterocycles. The topological polar surface area (TPSA) is 63.2 Å². The number of rotatable bonds is 8. The first-order valence-electron chi connectivity index (χ1n) is 8.96. The number of hydrogen-bond acceptors (Lipinski definition) is 6. The number of hydrogen-bond donors (Lipinski definition) is 1. The smallest absolute Gasteiger partial charge is 0.212 e. The van der Waals surface area contributed by atoms with E-state index in [1.165, 1.54) is 0 Å². The van der Waals surface area contributed by atoms with Crippen molar-refractivity contribution in [2.75, 3.05) is 38.6 Å². The molecule has 1 N–H and O–H groups in total. The summed E-state index contributed by atoms with van der Waals surface area (Å²) in [6.45, 7) is 8.30. The number of fused-ring (bicyclic) bond motifs is 1. The molecule has 0 unspecified atom stereocenters. The first-order valence-corrected chi connectivity index (χ1v) is 8.96. The molecule has 0 fully saturated rings. The van der Waals surface area contributed by atoms with Crippen LogP contribution in [0.2, 0.25) is 0 Å². The molecule has 0 aliphatic rings. The Kier molecular flexibility index (Phi) is 5.96. The first-order chi connectivity index (χ1) is 12.7. The number of likely N-dealkylation sites (N-methyl/N-ethyl adjacent to an activating group) is 1. The van der Waals surface area contributed by atoms with E-state index in [0.717, 1.165) is 54.0 Å². The SMILES string of the molecule is CCN(CC)CCNc1ncnc2ccc(-c3ccc(OC)nc3)cc12. The summed E-state index contributed by atoms with van der Waals surface area (Å²) in [5.74, 6) is 1.47. The summed E-state index contributed by atoms with van der Waals surface area (Å²) in [5.41, 5.74) is 3.04. The minimum atomic E-state index is 0.608.